The zero-order valence-corrected chi connectivity index (χ0v) is 13.3. The molecular formula is C16H14F3N3O3. The lowest BCUT2D eigenvalue weighted by molar-refractivity contribution is -0.385. The molecule has 1 aromatic carbocycles. The lowest BCUT2D eigenvalue weighted by Gasteiger charge is -2.16. The van der Waals surface area contributed by atoms with Crippen molar-refractivity contribution >= 4 is 11.6 Å². The van der Waals surface area contributed by atoms with Crippen molar-refractivity contribution in [2.45, 2.75) is 26.1 Å². The molecule has 6 nitrogen and oxygen atoms in total. The normalized spacial score (nSPS) is 12.5. The van der Waals surface area contributed by atoms with Gasteiger partial charge in [-0.25, -0.2) is 0 Å². The molecule has 0 aliphatic rings. The van der Waals surface area contributed by atoms with Crippen molar-refractivity contribution in [3.8, 4) is 0 Å². The Hall–Kier alpha value is -2.97. The van der Waals surface area contributed by atoms with Gasteiger partial charge in [-0.05, 0) is 31.5 Å². The monoisotopic (exact) mass is 353 g/mol. The summed E-state index contributed by atoms with van der Waals surface area (Å²) in [6.45, 7) is 3.13. The van der Waals surface area contributed by atoms with Gasteiger partial charge in [0.2, 0.25) is 0 Å². The number of hydrogen-bond donors (Lipinski definition) is 1. The number of aromatic nitrogens is 1. The van der Waals surface area contributed by atoms with Crippen LogP contribution in [0.4, 0.5) is 18.9 Å². The molecule has 1 amide bonds. The molecular weight excluding hydrogens is 339 g/mol. The van der Waals surface area contributed by atoms with Crippen molar-refractivity contribution in [2.75, 3.05) is 0 Å². The van der Waals surface area contributed by atoms with Crippen molar-refractivity contribution in [1.82, 2.24) is 10.3 Å². The van der Waals surface area contributed by atoms with Crippen molar-refractivity contribution in [3.63, 3.8) is 0 Å². The maximum absolute atomic E-state index is 12.6. The van der Waals surface area contributed by atoms with E-state index in [1.807, 2.05) is 0 Å². The number of aryl methyl sites for hydroxylation is 1. The molecule has 0 radical (unpaired) electrons. The van der Waals surface area contributed by atoms with Crippen molar-refractivity contribution in [3.05, 3.63) is 69.0 Å². The van der Waals surface area contributed by atoms with Crippen molar-refractivity contribution in [2.24, 2.45) is 0 Å². The maximum atomic E-state index is 12.6. The summed E-state index contributed by atoms with van der Waals surface area (Å²) in [5.41, 5.74) is -0.292. The van der Waals surface area contributed by atoms with Gasteiger partial charge in [-0.1, -0.05) is 12.1 Å². The van der Waals surface area contributed by atoms with Crippen LogP contribution in [-0.2, 0) is 6.18 Å². The van der Waals surface area contributed by atoms with Crippen molar-refractivity contribution in [1.29, 1.82) is 0 Å². The highest BCUT2D eigenvalue weighted by atomic mass is 19.4. The number of rotatable bonds is 4. The minimum Gasteiger partial charge on any atom is -0.345 e. The highest BCUT2D eigenvalue weighted by Crippen LogP contribution is 2.30. The van der Waals surface area contributed by atoms with Crippen LogP contribution in [0.2, 0.25) is 0 Å². The molecule has 0 bridgehead atoms. The average Bonchev–Trinajstić information content (AvgIpc) is 2.54. The number of pyridine rings is 1. The Bertz CT molecular complexity index is 805. The molecule has 2 rings (SSSR count). The van der Waals surface area contributed by atoms with Crippen LogP contribution in [0, 0.1) is 17.0 Å². The third kappa shape index (κ3) is 4.31. The molecule has 25 heavy (non-hydrogen) atoms. The summed E-state index contributed by atoms with van der Waals surface area (Å²) in [4.78, 5) is 26.2. The van der Waals surface area contributed by atoms with Crippen LogP contribution in [0.3, 0.4) is 0 Å². The summed E-state index contributed by atoms with van der Waals surface area (Å²) in [7, 11) is 0. The number of nitro groups is 1. The van der Waals surface area contributed by atoms with Gasteiger partial charge in [0.1, 0.15) is 6.20 Å². The van der Waals surface area contributed by atoms with Crippen LogP contribution in [-0.4, -0.2) is 15.8 Å². The summed E-state index contributed by atoms with van der Waals surface area (Å²) < 4.78 is 37.7. The van der Waals surface area contributed by atoms with Crippen LogP contribution in [0.5, 0.6) is 0 Å². The van der Waals surface area contributed by atoms with E-state index in [2.05, 4.69) is 10.3 Å². The van der Waals surface area contributed by atoms with Crippen molar-refractivity contribution < 1.29 is 22.9 Å². The highest BCUT2D eigenvalue weighted by molar-refractivity contribution is 5.96. The Labute approximate surface area is 140 Å². The fourth-order valence-corrected chi connectivity index (χ4v) is 2.17. The molecule has 0 aliphatic carbocycles. The summed E-state index contributed by atoms with van der Waals surface area (Å²) in [6.07, 6.45) is -3.39. The van der Waals surface area contributed by atoms with Gasteiger partial charge in [-0.3, -0.25) is 19.9 Å². The first kappa shape index (κ1) is 18.4. The Kier molecular flexibility index (Phi) is 5.05. The van der Waals surface area contributed by atoms with Gasteiger partial charge in [0.25, 0.3) is 11.6 Å². The fourth-order valence-electron chi connectivity index (χ4n) is 2.17. The maximum Gasteiger partial charge on any atom is 0.416 e. The average molecular weight is 353 g/mol. The minimum absolute atomic E-state index is 0.0351. The van der Waals surface area contributed by atoms with Crippen LogP contribution in [0.1, 0.15) is 40.1 Å². The van der Waals surface area contributed by atoms with E-state index in [1.54, 1.807) is 6.92 Å². The quantitative estimate of drug-likeness (QED) is 0.669. The van der Waals surface area contributed by atoms with Gasteiger partial charge >= 0.3 is 6.18 Å². The molecule has 0 fully saturated rings. The Morgan fingerprint density at radius 1 is 1.28 bits per heavy atom. The number of nitrogens with one attached hydrogen (secondary N) is 1. The molecule has 1 atom stereocenters. The van der Waals surface area contributed by atoms with Crippen LogP contribution in [0.25, 0.3) is 0 Å². The molecule has 1 N–H and O–H groups in total. The van der Waals surface area contributed by atoms with E-state index in [-0.39, 0.29) is 11.3 Å². The second-order valence-corrected chi connectivity index (χ2v) is 5.40. The molecule has 0 saturated carbocycles. The number of hydrogen-bond acceptors (Lipinski definition) is 4. The van der Waals surface area contributed by atoms with E-state index >= 15 is 0 Å². The number of benzene rings is 1. The van der Waals surface area contributed by atoms with Crippen LogP contribution < -0.4 is 5.32 Å². The molecule has 0 unspecified atom stereocenters. The third-order valence-corrected chi connectivity index (χ3v) is 3.61. The Morgan fingerprint density at radius 3 is 2.40 bits per heavy atom. The Morgan fingerprint density at radius 2 is 1.88 bits per heavy atom. The van der Waals surface area contributed by atoms with Gasteiger partial charge in [0, 0.05) is 6.07 Å². The second kappa shape index (κ2) is 6.88. The molecule has 0 aliphatic heterocycles. The van der Waals surface area contributed by atoms with Crippen LogP contribution in [0.15, 0.2) is 36.5 Å². The van der Waals surface area contributed by atoms with Crippen LogP contribution >= 0.6 is 0 Å². The van der Waals surface area contributed by atoms with Gasteiger partial charge in [-0.2, -0.15) is 13.2 Å². The minimum atomic E-state index is -4.43. The van der Waals surface area contributed by atoms with Gasteiger partial charge in [-0.15, -0.1) is 0 Å². The standard InChI is InChI=1S/C16H14F3N3O3/c1-9(11-3-5-12(6-4-11)16(17,18)19)21-15(23)14-7-13(22(24)25)8-20-10(14)2/h3-9H,1-2H3,(H,21,23)/t9-/m1/s1. The first-order chi connectivity index (χ1) is 11.6. The predicted octanol–water partition coefficient (Wildman–Crippen LogP) is 3.81. The number of halogens is 3. The first-order valence-electron chi connectivity index (χ1n) is 7.18. The molecule has 9 heteroatoms. The number of carbonyl (C=O) groups excluding carboxylic acids is 1. The van der Waals surface area contributed by atoms with E-state index < -0.39 is 28.6 Å². The second-order valence-electron chi connectivity index (χ2n) is 5.40. The first-order valence-corrected chi connectivity index (χ1v) is 7.18. The van der Waals surface area contributed by atoms with E-state index in [0.29, 0.717) is 11.3 Å². The molecule has 0 saturated heterocycles. The van der Waals surface area contributed by atoms with Gasteiger partial charge in [0.05, 0.1) is 27.8 Å². The highest BCUT2D eigenvalue weighted by Gasteiger charge is 2.30. The smallest absolute Gasteiger partial charge is 0.345 e. The number of nitrogens with zero attached hydrogens (tertiary/aromatic N) is 2. The molecule has 2 aromatic rings. The largest absolute Gasteiger partial charge is 0.416 e. The number of amides is 1. The molecule has 0 spiro atoms. The number of alkyl halides is 3. The zero-order chi connectivity index (χ0) is 18.8. The summed E-state index contributed by atoms with van der Waals surface area (Å²) in [6, 6.07) is 4.92. The predicted molar refractivity (Wildman–Crippen MR) is 83.0 cm³/mol. The van der Waals surface area contributed by atoms with E-state index in [9.17, 15) is 28.1 Å². The summed E-state index contributed by atoms with van der Waals surface area (Å²) in [5, 5.41) is 13.4. The SMILES string of the molecule is Cc1ncc([N+](=O)[O-])cc1C(=O)N[C@H](C)c1ccc(C(F)(F)F)cc1. The van der Waals surface area contributed by atoms with Gasteiger partial charge < -0.3 is 5.32 Å². The lowest BCUT2D eigenvalue weighted by atomic mass is 10.0. The molecule has 1 heterocycles. The topological polar surface area (TPSA) is 85.1 Å². The van der Waals surface area contributed by atoms with E-state index in [1.165, 1.54) is 19.1 Å². The lowest BCUT2D eigenvalue weighted by Crippen LogP contribution is -2.27. The number of carbonyl (C=O) groups is 1. The third-order valence-electron chi connectivity index (χ3n) is 3.61. The van der Waals surface area contributed by atoms with E-state index in [0.717, 1.165) is 24.4 Å². The summed E-state index contributed by atoms with van der Waals surface area (Å²) >= 11 is 0. The zero-order valence-electron chi connectivity index (χ0n) is 13.3. The Balaban J connectivity index is 2.17. The molecule has 132 valence electrons. The van der Waals surface area contributed by atoms with E-state index in [4.69, 9.17) is 0 Å². The summed E-state index contributed by atoms with van der Waals surface area (Å²) in [5.74, 6) is -0.596. The van der Waals surface area contributed by atoms with Gasteiger partial charge in [0.15, 0.2) is 0 Å². The molecule has 1 aromatic heterocycles. The fraction of sp³-hybridized carbons (Fsp3) is 0.250.